The maximum absolute atomic E-state index is 12.4. The molecule has 26 heavy (non-hydrogen) atoms. The Bertz CT molecular complexity index is 679. The summed E-state index contributed by atoms with van der Waals surface area (Å²) in [5, 5.41) is 14.3. The Balaban J connectivity index is 1.46. The van der Waals surface area contributed by atoms with Gasteiger partial charge in [0.2, 0.25) is 5.91 Å². The van der Waals surface area contributed by atoms with Gasteiger partial charge in [-0.2, -0.15) is 0 Å². The number of hydrogen-bond donors (Lipinski definition) is 1. The van der Waals surface area contributed by atoms with Gasteiger partial charge in [0.05, 0.1) is 4.92 Å². The highest BCUT2D eigenvalue weighted by atomic mass is 16.6. The first kappa shape index (κ1) is 18.4. The minimum Gasteiger partial charge on any atom is -0.366 e. The molecule has 1 N–H and O–H groups in total. The van der Waals surface area contributed by atoms with Crippen molar-refractivity contribution in [3.8, 4) is 0 Å². The van der Waals surface area contributed by atoms with Crippen LogP contribution in [0.15, 0.2) is 35.9 Å². The van der Waals surface area contributed by atoms with Gasteiger partial charge in [-0.1, -0.05) is 23.8 Å². The summed E-state index contributed by atoms with van der Waals surface area (Å²) in [6.45, 7) is 2.07. The van der Waals surface area contributed by atoms with Crippen LogP contribution in [0.4, 0.5) is 11.4 Å². The van der Waals surface area contributed by atoms with E-state index in [4.69, 9.17) is 0 Å². The highest BCUT2D eigenvalue weighted by molar-refractivity contribution is 5.79. The molecular weight excluding hydrogens is 330 g/mol. The molecular formula is C20H27N3O3. The van der Waals surface area contributed by atoms with Gasteiger partial charge in [-0.25, -0.2) is 0 Å². The third-order valence-corrected chi connectivity index (χ3v) is 5.42. The summed E-state index contributed by atoms with van der Waals surface area (Å²) in [7, 11) is 0. The van der Waals surface area contributed by atoms with Gasteiger partial charge in [0.25, 0.3) is 5.69 Å². The summed E-state index contributed by atoms with van der Waals surface area (Å²) in [5.41, 5.74) is 2.26. The van der Waals surface area contributed by atoms with E-state index in [-0.39, 0.29) is 22.4 Å². The Kier molecular flexibility index (Phi) is 6.26. The molecule has 1 heterocycles. The predicted octanol–water partition coefficient (Wildman–Crippen LogP) is 3.82. The number of benzene rings is 1. The van der Waals surface area contributed by atoms with E-state index in [0.717, 1.165) is 25.8 Å². The molecule has 1 fully saturated rings. The maximum Gasteiger partial charge on any atom is 0.292 e. The summed E-state index contributed by atoms with van der Waals surface area (Å²) in [6, 6.07) is 6.83. The summed E-state index contributed by atoms with van der Waals surface area (Å²) in [4.78, 5) is 25.3. The number of allylic oxidation sites excluding steroid dienone is 1. The molecule has 0 unspecified atom stereocenters. The zero-order valence-corrected chi connectivity index (χ0v) is 15.2. The van der Waals surface area contributed by atoms with Crippen LogP contribution in [0.3, 0.4) is 0 Å². The summed E-state index contributed by atoms with van der Waals surface area (Å²) < 4.78 is 0. The van der Waals surface area contributed by atoms with Crippen molar-refractivity contribution in [2.75, 3.05) is 24.5 Å². The first-order valence-corrected chi connectivity index (χ1v) is 9.59. The van der Waals surface area contributed by atoms with Crippen LogP contribution in [0.5, 0.6) is 0 Å². The number of carbonyl (C=O) groups is 1. The highest BCUT2D eigenvalue weighted by Crippen LogP contribution is 2.31. The number of nitro benzene ring substituents is 1. The van der Waals surface area contributed by atoms with Crippen LogP contribution in [-0.2, 0) is 4.79 Å². The number of anilines is 1. The minimum atomic E-state index is -0.339. The van der Waals surface area contributed by atoms with E-state index in [1.165, 1.54) is 37.3 Å². The number of amides is 1. The number of carbonyl (C=O) groups excluding carboxylic acids is 1. The topological polar surface area (TPSA) is 75.5 Å². The number of nitrogens with zero attached hydrogens (tertiary/aromatic N) is 2. The van der Waals surface area contributed by atoms with Crippen molar-refractivity contribution in [3.05, 3.63) is 46.0 Å². The molecule has 0 atom stereocenters. The van der Waals surface area contributed by atoms with Gasteiger partial charge in [-0.05, 0) is 51.0 Å². The zero-order chi connectivity index (χ0) is 18.4. The van der Waals surface area contributed by atoms with Gasteiger partial charge in [0.15, 0.2) is 0 Å². The van der Waals surface area contributed by atoms with Gasteiger partial charge in [-0.3, -0.25) is 14.9 Å². The van der Waals surface area contributed by atoms with Crippen LogP contribution in [0.25, 0.3) is 0 Å². The Morgan fingerprint density at radius 1 is 1.23 bits per heavy atom. The molecule has 6 nitrogen and oxygen atoms in total. The fourth-order valence-electron chi connectivity index (χ4n) is 3.89. The van der Waals surface area contributed by atoms with Crippen LogP contribution < -0.4 is 10.2 Å². The smallest absolute Gasteiger partial charge is 0.292 e. The number of nitrogens with one attached hydrogen (secondary N) is 1. The third-order valence-electron chi connectivity index (χ3n) is 5.42. The van der Waals surface area contributed by atoms with Crippen LogP contribution in [0, 0.1) is 16.0 Å². The molecule has 0 bridgehead atoms. The van der Waals surface area contributed by atoms with E-state index < -0.39 is 0 Å². The highest BCUT2D eigenvalue weighted by Gasteiger charge is 2.27. The van der Waals surface area contributed by atoms with Gasteiger partial charge < -0.3 is 10.2 Å². The lowest BCUT2D eigenvalue weighted by Gasteiger charge is -2.32. The Labute approximate surface area is 154 Å². The molecule has 0 radical (unpaired) electrons. The number of piperidine rings is 1. The van der Waals surface area contributed by atoms with Crippen molar-refractivity contribution in [2.24, 2.45) is 5.92 Å². The third kappa shape index (κ3) is 4.62. The lowest BCUT2D eigenvalue weighted by molar-refractivity contribution is -0.384. The van der Waals surface area contributed by atoms with Gasteiger partial charge >= 0.3 is 0 Å². The maximum atomic E-state index is 12.4. The van der Waals surface area contributed by atoms with Gasteiger partial charge in [0.1, 0.15) is 5.69 Å². The van der Waals surface area contributed by atoms with E-state index in [9.17, 15) is 14.9 Å². The van der Waals surface area contributed by atoms with Crippen LogP contribution in [0.2, 0.25) is 0 Å². The average molecular weight is 357 g/mol. The SMILES string of the molecule is O=C(NCCC1=CCCCC1)C1CCN(c2ccccc2[N+](=O)[O-])CC1. The van der Waals surface area contributed by atoms with Crippen molar-refractivity contribution in [2.45, 2.75) is 44.9 Å². The van der Waals surface area contributed by atoms with Gasteiger partial charge in [0, 0.05) is 31.6 Å². The molecule has 0 spiro atoms. The van der Waals surface area contributed by atoms with Crippen LogP contribution >= 0.6 is 0 Å². The predicted molar refractivity (Wildman–Crippen MR) is 102 cm³/mol. The second-order valence-electron chi connectivity index (χ2n) is 7.16. The molecule has 2 aliphatic rings. The Morgan fingerprint density at radius 2 is 2.00 bits per heavy atom. The number of hydrogen-bond acceptors (Lipinski definition) is 4. The lowest BCUT2D eigenvalue weighted by Crippen LogP contribution is -2.41. The molecule has 140 valence electrons. The molecule has 0 aromatic heterocycles. The molecule has 1 saturated heterocycles. The second-order valence-corrected chi connectivity index (χ2v) is 7.16. The van der Waals surface area contributed by atoms with Crippen molar-refractivity contribution in [1.82, 2.24) is 5.32 Å². The monoisotopic (exact) mass is 357 g/mol. The quantitative estimate of drug-likeness (QED) is 0.477. The van der Waals surface area contributed by atoms with Crippen molar-refractivity contribution < 1.29 is 9.72 Å². The zero-order valence-electron chi connectivity index (χ0n) is 15.2. The molecule has 1 amide bonds. The first-order valence-electron chi connectivity index (χ1n) is 9.59. The van der Waals surface area contributed by atoms with Crippen molar-refractivity contribution in [1.29, 1.82) is 0 Å². The fourth-order valence-corrected chi connectivity index (χ4v) is 3.89. The standard InChI is InChI=1S/C20H27N3O3/c24-20(21-13-10-16-6-2-1-3-7-16)17-11-14-22(15-12-17)18-8-4-5-9-19(18)23(25)26/h4-6,8-9,17H,1-3,7,10-15H2,(H,21,24). The molecule has 3 rings (SSSR count). The summed E-state index contributed by atoms with van der Waals surface area (Å²) in [5.74, 6) is 0.137. The van der Waals surface area contributed by atoms with Crippen molar-refractivity contribution in [3.63, 3.8) is 0 Å². The van der Waals surface area contributed by atoms with E-state index >= 15 is 0 Å². The number of nitro groups is 1. The summed E-state index contributed by atoms with van der Waals surface area (Å²) >= 11 is 0. The number of rotatable bonds is 6. The molecule has 1 aliphatic carbocycles. The van der Waals surface area contributed by atoms with Crippen LogP contribution in [-0.4, -0.2) is 30.5 Å². The Morgan fingerprint density at radius 3 is 2.69 bits per heavy atom. The van der Waals surface area contributed by atoms with E-state index in [1.54, 1.807) is 12.1 Å². The Hall–Kier alpha value is -2.37. The lowest BCUT2D eigenvalue weighted by atomic mass is 9.94. The minimum absolute atomic E-state index is 0.00866. The number of para-hydroxylation sites is 2. The van der Waals surface area contributed by atoms with E-state index in [1.807, 2.05) is 11.0 Å². The second kappa shape index (κ2) is 8.83. The first-order chi connectivity index (χ1) is 12.6. The normalized spacial score (nSPS) is 18.3. The molecule has 1 aromatic carbocycles. The molecule has 1 aliphatic heterocycles. The van der Waals surface area contributed by atoms with E-state index in [0.29, 0.717) is 18.8 Å². The fraction of sp³-hybridized carbons (Fsp3) is 0.550. The summed E-state index contributed by atoms with van der Waals surface area (Å²) in [6.07, 6.45) is 9.65. The van der Waals surface area contributed by atoms with Crippen LogP contribution in [0.1, 0.15) is 44.9 Å². The average Bonchev–Trinajstić information content (AvgIpc) is 2.69. The van der Waals surface area contributed by atoms with E-state index in [2.05, 4.69) is 11.4 Å². The largest absolute Gasteiger partial charge is 0.366 e. The van der Waals surface area contributed by atoms with Gasteiger partial charge in [-0.15, -0.1) is 0 Å². The van der Waals surface area contributed by atoms with Crippen molar-refractivity contribution >= 4 is 17.3 Å². The molecule has 0 saturated carbocycles. The molecule has 1 aromatic rings. The molecule has 6 heteroatoms.